The fourth-order valence-electron chi connectivity index (χ4n) is 0.349. The Kier molecular flexibility index (Phi) is 9.84. The fraction of sp³-hybridized carbons (Fsp3) is 0.714. The normalized spacial score (nSPS) is 14.1. The first-order valence-electron chi connectivity index (χ1n) is 3.63. The highest BCUT2D eigenvalue weighted by molar-refractivity contribution is 4.64. The van der Waals surface area contributed by atoms with E-state index in [1.54, 1.807) is 0 Å². The van der Waals surface area contributed by atoms with Crippen molar-refractivity contribution < 1.29 is 21.1 Å². The Morgan fingerprint density at radius 1 is 1.58 bits per heavy atom. The minimum Gasteiger partial charge on any atom is -0.876 e. The molecule has 0 saturated heterocycles. The van der Waals surface area contributed by atoms with Gasteiger partial charge in [0.05, 0.1) is 6.10 Å². The Labute approximate surface area is 72.3 Å². The lowest BCUT2D eigenvalue weighted by atomic mass is 10.2. The van der Waals surface area contributed by atoms with Crippen molar-refractivity contribution in [1.82, 2.24) is 0 Å². The van der Waals surface area contributed by atoms with Crippen LogP contribution in [0.1, 0.15) is 6.92 Å². The molecule has 0 bridgehead atoms. The van der Waals surface area contributed by atoms with E-state index in [2.05, 4.69) is 12.3 Å². The average Bonchev–Trinajstić information content (AvgIpc) is 2.00. The highest BCUT2D eigenvalue weighted by atomic mass is 16.3. The van der Waals surface area contributed by atoms with Gasteiger partial charge in [-0.1, -0.05) is 6.92 Å². The van der Waals surface area contributed by atoms with Crippen LogP contribution in [-0.2, 0) is 0 Å². The van der Waals surface area contributed by atoms with Gasteiger partial charge in [0.2, 0.25) is 0 Å². The monoisotopic (exact) mass is 178 g/mol. The van der Waals surface area contributed by atoms with E-state index in [1.807, 2.05) is 0 Å². The van der Waals surface area contributed by atoms with E-state index in [0.29, 0.717) is 6.54 Å². The molecule has 0 aromatic heterocycles. The Morgan fingerprint density at radius 3 is 2.00 bits per heavy atom. The maximum Gasteiger partial charge on any atom is 0.130 e. The molecule has 0 radical (unpaired) electrons. The third-order valence-corrected chi connectivity index (χ3v) is 0.981. The molecule has 0 aliphatic heterocycles. The molecule has 0 aromatic rings. The van der Waals surface area contributed by atoms with Crippen LogP contribution in [-0.4, -0.2) is 35.5 Å². The summed E-state index contributed by atoms with van der Waals surface area (Å²) in [5, 5.41) is 26.8. The van der Waals surface area contributed by atoms with Crippen molar-refractivity contribution in [3.63, 3.8) is 0 Å². The SMILES string of the molecule is C=C(C)[O-].NCC(O)C(O)C[NH3+]. The smallest absolute Gasteiger partial charge is 0.130 e. The summed E-state index contributed by atoms with van der Waals surface area (Å²) in [6.45, 7) is 4.81. The number of hydrogen-bond acceptors (Lipinski definition) is 4. The molecule has 0 aliphatic carbocycles. The topological polar surface area (TPSA) is 117 Å². The molecule has 5 heteroatoms. The number of quaternary nitrogens is 1. The van der Waals surface area contributed by atoms with Crippen LogP contribution in [0, 0.1) is 0 Å². The molecule has 0 heterocycles. The summed E-state index contributed by atoms with van der Waals surface area (Å²) >= 11 is 0. The zero-order valence-corrected chi connectivity index (χ0v) is 7.36. The number of allylic oxidation sites excluding steroid dienone is 1. The lowest BCUT2D eigenvalue weighted by molar-refractivity contribution is -0.388. The summed E-state index contributed by atoms with van der Waals surface area (Å²) in [5.41, 5.74) is 8.40. The third-order valence-electron chi connectivity index (χ3n) is 0.981. The fourth-order valence-corrected chi connectivity index (χ4v) is 0.349. The van der Waals surface area contributed by atoms with E-state index >= 15 is 0 Å². The van der Waals surface area contributed by atoms with E-state index in [1.165, 1.54) is 6.92 Å². The first-order valence-corrected chi connectivity index (χ1v) is 3.63. The second-order valence-electron chi connectivity index (χ2n) is 2.36. The van der Waals surface area contributed by atoms with E-state index in [0.717, 1.165) is 0 Å². The molecule has 0 aliphatic rings. The van der Waals surface area contributed by atoms with Crippen molar-refractivity contribution >= 4 is 0 Å². The van der Waals surface area contributed by atoms with E-state index in [-0.39, 0.29) is 12.3 Å². The summed E-state index contributed by atoms with van der Waals surface area (Å²) in [7, 11) is 0. The lowest BCUT2D eigenvalue weighted by Gasteiger charge is -2.10. The Morgan fingerprint density at radius 2 is 1.92 bits per heavy atom. The number of aliphatic hydroxyl groups is 2. The Hall–Kier alpha value is -0.620. The largest absolute Gasteiger partial charge is 0.876 e. The molecule has 2 atom stereocenters. The zero-order valence-electron chi connectivity index (χ0n) is 7.36. The third kappa shape index (κ3) is 12.1. The standard InChI is InChI=1S/C4H12N2O2.C3H6O/c5-1-3(7)4(8)2-6;1-3(2)4/h3-4,7-8H,1-2,5-6H2;4H,1H2,2H3. The van der Waals surface area contributed by atoms with Crippen molar-refractivity contribution in [1.29, 1.82) is 0 Å². The number of hydrogen-bond donors (Lipinski definition) is 4. The predicted molar refractivity (Wildman–Crippen MR) is 43.6 cm³/mol. The van der Waals surface area contributed by atoms with Gasteiger partial charge in [-0.15, -0.1) is 12.3 Å². The summed E-state index contributed by atoms with van der Waals surface area (Å²) in [5.74, 6) is -0.0833. The van der Waals surface area contributed by atoms with Crippen LogP contribution < -0.4 is 16.6 Å². The van der Waals surface area contributed by atoms with Gasteiger partial charge in [0.1, 0.15) is 12.6 Å². The van der Waals surface area contributed by atoms with Gasteiger partial charge in [0, 0.05) is 6.54 Å². The highest BCUT2D eigenvalue weighted by Gasteiger charge is 2.12. The summed E-state index contributed by atoms with van der Waals surface area (Å²) in [4.78, 5) is 0. The minimum atomic E-state index is -0.813. The average molecular weight is 178 g/mol. The van der Waals surface area contributed by atoms with Crippen molar-refractivity contribution in [3.05, 3.63) is 12.3 Å². The molecule has 12 heavy (non-hydrogen) atoms. The van der Waals surface area contributed by atoms with Crippen molar-refractivity contribution in [3.8, 4) is 0 Å². The predicted octanol–water partition coefficient (Wildman–Crippen LogP) is -3.21. The molecule has 0 saturated carbocycles. The lowest BCUT2D eigenvalue weighted by Crippen LogP contribution is -2.59. The van der Waals surface area contributed by atoms with Crippen LogP contribution in [0.15, 0.2) is 12.3 Å². The van der Waals surface area contributed by atoms with Crippen molar-refractivity contribution in [2.75, 3.05) is 13.1 Å². The minimum absolute atomic E-state index is 0.0833. The molecule has 74 valence electrons. The first kappa shape index (κ1) is 13.9. The van der Waals surface area contributed by atoms with Crippen LogP contribution in [0.5, 0.6) is 0 Å². The van der Waals surface area contributed by atoms with Crippen LogP contribution >= 0.6 is 0 Å². The number of rotatable bonds is 3. The van der Waals surface area contributed by atoms with Gasteiger partial charge in [0.15, 0.2) is 0 Å². The Balaban J connectivity index is 0. The van der Waals surface area contributed by atoms with Gasteiger partial charge < -0.3 is 26.8 Å². The molecular weight excluding hydrogens is 160 g/mol. The molecule has 5 nitrogen and oxygen atoms in total. The van der Waals surface area contributed by atoms with E-state index in [4.69, 9.17) is 15.9 Å². The summed E-state index contributed by atoms with van der Waals surface area (Å²) in [6.07, 6.45) is -1.58. The van der Waals surface area contributed by atoms with Crippen LogP contribution in [0.4, 0.5) is 0 Å². The van der Waals surface area contributed by atoms with E-state index < -0.39 is 12.2 Å². The van der Waals surface area contributed by atoms with Crippen LogP contribution in [0.3, 0.4) is 0 Å². The molecule has 0 rings (SSSR count). The molecule has 0 amide bonds. The van der Waals surface area contributed by atoms with Gasteiger partial charge in [0.25, 0.3) is 0 Å². The zero-order chi connectivity index (χ0) is 10.1. The molecule has 0 fully saturated rings. The number of nitrogens with two attached hydrogens (primary N) is 1. The van der Waals surface area contributed by atoms with Gasteiger partial charge in [-0.25, -0.2) is 0 Å². The molecule has 0 aromatic carbocycles. The molecular formula is C7H18N2O3. The van der Waals surface area contributed by atoms with E-state index in [9.17, 15) is 5.11 Å². The van der Waals surface area contributed by atoms with Crippen LogP contribution in [0.25, 0.3) is 0 Å². The molecule has 2 unspecified atom stereocenters. The molecule has 0 spiro atoms. The number of aliphatic hydroxyl groups excluding tert-OH is 2. The second-order valence-corrected chi connectivity index (χ2v) is 2.36. The van der Waals surface area contributed by atoms with Gasteiger partial charge in [-0.3, -0.25) is 0 Å². The second kappa shape index (κ2) is 8.48. The van der Waals surface area contributed by atoms with Gasteiger partial charge in [-0.2, -0.15) is 0 Å². The highest BCUT2D eigenvalue weighted by Crippen LogP contribution is 1.84. The van der Waals surface area contributed by atoms with Crippen molar-refractivity contribution in [2.45, 2.75) is 19.1 Å². The first-order chi connectivity index (χ1) is 5.45. The van der Waals surface area contributed by atoms with Crippen molar-refractivity contribution in [2.24, 2.45) is 5.73 Å². The van der Waals surface area contributed by atoms with Gasteiger partial charge in [-0.05, 0) is 0 Å². The molecule has 7 N–H and O–H groups in total. The van der Waals surface area contributed by atoms with Crippen LogP contribution in [0.2, 0.25) is 0 Å². The summed E-state index contributed by atoms with van der Waals surface area (Å²) in [6, 6.07) is 0. The quantitative estimate of drug-likeness (QED) is 0.340. The maximum atomic E-state index is 9.33. The summed E-state index contributed by atoms with van der Waals surface area (Å²) < 4.78 is 0. The van der Waals surface area contributed by atoms with Gasteiger partial charge >= 0.3 is 0 Å². The Bertz CT molecular complexity index is 107. The maximum absolute atomic E-state index is 9.33.